The van der Waals surface area contributed by atoms with E-state index in [-0.39, 0.29) is 0 Å². The zero-order valence-electron chi connectivity index (χ0n) is 7.93. The molecule has 2 nitrogen and oxygen atoms in total. The molecule has 12 heavy (non-hydrogen) atoms. The van der Waals surface area contributed by atoms with E-state index in [4.69, 9.17) is 0 Å². The van der Waals surface area contributed by atoms with Gasteiger partial charge in [-0.2, -0.15) is 0 Å². The molecule has 0 aliphatic heterocycles. The summed E-state index contributed by atoms with van der Waals surface area (Å²) in [5.74, 6) is 0. The molecule has 71 valence electrons. The molecule has 0 amide bonds. The van der Waals surface area contributed by atoms with Crippen molar-refractivity contribution in [3.8, 4) is 0 Å². The molecule has 0 rings (SSSR count). The third-order valence-corrected chi connectivity index (χ3v) is 2.45. The molecule has 0 spiro atoms. The third kappa shape index (κ3) is 6.68. The fourth-order valence-corrected chi connectivity index (χ4v) is 1.59. The molecule has 1 unspecified atom stereocenters. The van der Waals surface area contributed by atoms with Gasteiger partial charge in [0.2, 0.25) is 0 Å². The monoisotopic (exact) mass is 188 g/mol. The van der Waals surface area contributed by atoms with E-state index in [1.54, 1.807) is 5.62 Å². The summed E-state index contributed by atoms with van der Waals surface area (Å²) in [6.45, 7) is 4.33. The van der Waals surface area contributed by atoms with Crippen LogP contribution in [0.4, 0.5) is 0 Å². The minimum absolute atomic E-state index is 0.475. The summed E-state index contributed by atoms with van der Waals surface area (Å²) in [5, 5.41) is 0. The van der Waals surface area contributed by atoms with Gasteiger partial charge in [0.15, 0.2) is 0 Å². The number of hydrogen-bond acceptors (Lipinski definition) is 3. The van der Waals surface area contributed by atoms with Gasteiger partial charge < -0.3 is 0 Å². The molecule has 1 N–H and O–H groups in total. The summed E-state index contributed by atoms with van der Waals surface area (Å²) in [5.41, 5.74) is 1.78. The van der Waals surface area contributed by atoms with Gasteiger partial charge >= 0.3 is 0 Å². The second kappa shape index (κ2) is 9.07. The highest BCUT2D eigenvalue weighted by atomic mass is 32.2. The van der Waals surface area contributed by atoms with Crippen LogP contribution in [0.1, 0.15) is 46.0 Å². The maximum atomic E-state index is 9.93. The van der Waals surface area contributed by atoms with Crippen molar-refractivity contribution in [3.05, 3.63) is 0 Å². The minimum Gasteiger partial charge on any atom is -0.276 e. The number of nitrogens with one attached hydrogen (secondary N) is 1. The first kappa shape index (κ1) is 12.0. The molecular formula is C9H18NOS. The van der Waals surface area contributed by atoms with Crippen molar-refractivity contribution in [1.29, 1.82) is 0 Å². The Morgan fingerprint density at radius 3 is 2.67 bits per heavy atom. The molecule has 1 atom stereocenters. The average molecular weight is 188 g/mol. The van der Waals surface area contributed by atoms with Gasteiger partial charge in [0, 0.05) is 18.0 Å². The Morgan fingerprint density at radius 1 is 1.42 bits per heavy atom. The normalized spacial score (nSPS) is 12.8. The van der Waals surface area contributed by atoms with Crippen molar-refractivity contribution in [3.63, 3.8) is 0 Å². The lowest BCUT2D eigenvalue weighted by atomic mass is 10.1. The van der Waals surface area contributed by atoms with Crippen molar-refractivity contribution in [2.45, 2.75) is 52.0 Å². The van der Waals surface area contributed by atoms with E-state index < -0.39 is 0 Å². The molecule has 0 aromatic carbocycles. The van der Waals surface area contributed by atoms with Crippen LogP contribution in [-0.2, 0) is 4.79 Å². The Hall–Kier alpha value is -0.0200. The predicted molar refractivity (Wildman–Crippen MR) is 54.6 cm³/mol. The number of hydrogen-bond donors (Lipinski definition) is 1. The standard InChI is InChI=1S/C9H18NOS/c1-3-5-6-7-9(4-2)10-12-8-11/h9-10H,3-7H2,1-2H3. The lowest BCUT2D eigenvalue weighted by molar-refractivity contribution is 0.523. The summed E-state index contributed by atoms with van der Waals surface area (Å²) in [6.07, 6.45) is 6.04. The smallest absolute Gasteiger partial charge is 0.276 e. The molecule has 0 aliphatic rings. The molecule has 0 fully saturated rings. The van der Waals surface area contributed by atoms with Gasteiger partial charge in [-0.05, 0) is 12.8 Å². The van der Waals surface area contributed by atoms with Crippen molar-refractivity contribution in [2.75, 3.05) is 0 Å². The van der Waals surface area contributed by atoms with E-state index in [0.29, 0.717) is 6.04 Å². The van der Waals surface area contributed by atoms with Gasteiger partial charge in [0.05, 0.1) is 0 Å². The van der Waals surface area contributed by atoms with Crippen LogP contribution in [0.5, 0.6) is 0 Å². The first-order valence-electron chi connectivity index (χ1n) is 4.63. The van der Waals surface area contributed by atoms with Gasteiger partial charge in [-0.15, -0.1) is 0 Å². The highest BCUT2D eigenvalue weighted by molar-refractivity contribution is 8.10. The number of unbranched alkanes of at least 4 members (excludes halogenated alkanes) is 2. The summed E-state index contributed by atoms with van der Waals surface area (Å²) in [4.78, 5) is 9.93. The molecule has 0 aromatic rings. The molecular weight excluding hydrogens is 170 g/mol. The zero-order chi connectivity index (χ0) is 9.23. The summed E-state index contributed by atoms with van der Waals surface area (Å²) >= 11 is 1.04. The predicted octanol–water partition coefficient (Wildman–Crippen LogP) is 2.65. The molecule has 0 aromatic heterocycles. The van der Waals surface area contributed by atoms with Crippen LogP contribution < -0.4 is 4.72 Å². The minimum atomic E-state index is 0.475. The van der Waals surface area contributed by atoms with Crippen LogP contribution in [0.15, 0.2) is 0 Å². The first-order valence-corrected chi connectivity index (χ1v) is 5.45. The summed E-state index contributed by atoms with van der Waals surface area (Å²) in [6, 6.07) is 0.475. The van der Waals surface area contributed by atoms with Crippen LogP contribution >= 0.6 is 11.9 Å². The van der Waals surface area contributed by atoms with Crippen LogP contribution in [-0.4, -0.2) is 11.7 Å². The van der Waals surface area contributed by atoms with Gasteiger partial charge in [-0.25, -0.2) is 0 Å². The highest BCUT2D eigenvalue weighted by Gasteiger charge is 2.04. The SMILES string of the molecule is CCCCCC(CC)NS[C]=O. The Balaban J connectivity index is 3.32. The van der Waals surface area contributed by atoms with Gasteiger partial charge in [0.25, 0.3) is 5.62 Å². The molecule has 0 heterocycles. The molecule has 0 aliphatic carbocycles. The Bertz CT molecular complexity index is 109. The van der Waals surface area contributed by atoms with Gasteiger partial charge in [-0.1, -0.05) is 33.1 Å². The van der Waals surface area contributed by atoms with Crippen LogP contribution in [0.25, 0.3) is 0 Å². The van der Waals surface area contributed by atoms with Crippen molar-refractivity contribution in [2.24, 2.45) is 0 Å². The Morgan fingerprint density at radius 2 is 2.17 bits per heavy atom. The van der Waals surface area contributed by atoms with E-state index in [0.717, 1.165) is 18.4 Å². The number of rotatable bonds is 8. The molecule has 3 heteroatoms. The third-order valence-electron chi connectivity index (χ3n) is 1.92. The first-order chi connectivity index (χ1) is 5.85. The number of carbonyl (C=O) groups excluding carboxylic acids is 1. The van der Waals surface area contributed by atoms with E-state index in [9.17, 15) is 4.79 Å². The lowest BCUT2D eigenvalue weighted by Crippen LogP contribution is -2.21. The topological polar surface area (TPSA) is 29.1 Å². The van der Waals surface area contributed by atoms with E-state index >= 15 is 0 Å². The Labute approximate surface area is 79.6 Å². The van der Waals surface area contributed by atoms with Crippen molar-refractivity contribution in [1.82, 2.24) is 4.72 Å². The second-order valence-electron chi connectivity index (χ2n) is 2.90. The maximum Gasteiger partial charge on any atom is 0.282 e. The zero-order valence-corrected chi connectivity index (χ0v) is 8.75. The van der Waals surface area contributed by atoms with Crippen LogP contribution in [0.3, 0.4) is 0 Å². The highest BCUT2D eigenvalue weighted by Crippen LogP contribution is 2.08. The summed E-state index contributed by atoms with van der Waals surface area (Å²) in [7, 11) is 0. The summed E-state index contributed by atoms with van der Waals surface area (Å²) < 4.78 is 3.07. The average Bonchev–Trinajstić information content (AvgIpc) is 2.11. The lowest BCUT2D eigenvalue weighted by Gasteiger charge is -2.13. The van der Waals surface area contributed by atoms with E-state index in [1.807, 2.05) is 0 Å². The van der Waals surface area contributed by atoms with Gasteiger partial charge in [0.1, 0.15) is 0 Å². The molecule has 1 radical (unpaired) electrons. The van der Waals surface area contributed by atoms with Crippen LogP contribution in [0, 0.1) is 0 Å². The van der Waals surface area contributed by atoms with Crippen LogP contribution in [0.2, 0.25) is 0 Å². The molecule has 0 bridgehead atoms. The maximum absolute atomic E-state index is 9.93. The Kier molecular flexibility index (Phi) is 9.06. The van der Waals surface area contributed by atoms with E-state index in [2.05, 4.69) is 18.6 Å². The molecule has 0 saturated carbocycles. The van der Waals surface area contributed by atoms with Gasteiger partial charge in [-0.3, -0.25) is 9.52 Å². The largest absolute Gasteiger partial charge is 0.282 e. The van der Waals surface area contributed by atoms with Crippen molar-refractivity contribution < 1.29 is 4.79 Å². The molecule has 0 saturated heterocycles. The van der Waals surface area contributed by atoms with Crippen molar-refractivity contribution >= 4 is 17.6 Å². The van der Waals surface area contributed by atoms with E-state index in [1.165, 1.54) is 25.7 Å². The quantitative estimate of drug-likeness (QED) is 0.469. The fraction of sp³-hybridized carbons (Fsp3) is 0.889. The second-order valence-corrected chi connectivity index (χ2v) is 3.51. The fourth-order valence-electron chi connectivity index (χ4n) is 1.09.